The van der Waals surface area contributed by atoms with E-state index < -0.39 is 52.4 Å². The number of benzene rings is 2. The summed E-state index contributed by atoms with van der Waals surface area (Å²) in [6.07, 6.45) is -8.28. The first kappa shape index (κ1) is 25.3. The summed E-state index contributed by atoms with van der Waals surface area (Å²) in [4.78, 5) is 12.9. The quantitative estimate of drug-likeness (QED) is 0.501. The molecule has 0 spiro atoms. The highest BCUT2D eigenvalue weighted by atomic mass is 35.5. The van der Waals surface area contributed by atoms with Gasteiger partial charge in [-0.1, -0.05) is 41.4 Å². The molecule has 0 saturated carbocycles. The van der Waals surface area contributed by atoms with Gasteiger partial charge in [-0.15, -0.1) is 0 Å². The van der Waals surface area contributed by atoms with Crippen molar-refractivity contribution in [2.75, 3.05) is 0 Å². The lowest BCUT2D eigenvalue weighted by Crippen LogP contribution is -2.69. The molecule has 4 nitrogen and oxygen atoms in total. The summed E-state index contributed by atoms with van der Waals surface area (Å²) in [5.41, 5.74) is -5.00. The Morgan fingerprint density at radius 2 is 1.61 bits per heavy atom. The van der Waals surface area contributed by atoms with Crippen molar-refractivity contribution >= 4 is 34.8 Å². The van der Waals surface area contributed by atoms with Gasteiger partial charge in [-0.25, -0.2) is 0 Å². The van der Waals surface area contributed by atoms with Gasteiger partial charge in [0.2, 0.25) is 5.72 Å². The Morgan fingerprint density at radius 1 is 1.03 bits per heavy atom. The standard InChI is InChI=1S/C20H13Cl2F7N2O2/c1-10-2-7-13(14(22)8-10)16(32)31-17(33,18(23,24)19(25,26)20(27,28)29)9-15(30-31)11-3-5-12(21)6-4-11/h2-8,33H,9H2,1H3/t17-/m1/s1. The molecule has 0 unspecified atom stereocenters. The van der Waals surface area contributed by atoms with Crippen LogP contribution >= 0.6 is 23.2 Å². The van der Waals surface area contributed by atoms with E-state index in [2.05, 4.69) is 5.10 Å². The first-order chi connectivity index (χ1) is 15.0. The Balaban J connectivity index is 2.18. The summed E-state index contributed by atoms with van der Waals surface area (Å²) in [7, 11) is 0. The molecule has 1 N–H and O–H groups in total. The lowest BCUT2D eigenvalue weighted by atomic mass is 9.91. The van der Waals surface area contributed by atoms with Gasteiger partial charge in [-0.2, -0.15) is 40.8 Å². The van der Waals surface area contributed by atoms with Crippen molar-refractivity contribution in [3.63, 3.8) is 0 Å². The third-order valence-corrected chi connectivity index (χ3v) is 5.53. The molecule has 0 fully saturated rings. The molecule has 1 amide bonds. The fourth-order valence-electron chi connectivity index (χ4n) is 3.14. The van der Waals surface area contributed by atoms with Crippen LogP contribution in [-0.2, 0) is 0 Å². The zero-order valence-electron chi connectivity index (χ0n) is 16.4. The highest BCUT2D eigenvalue weighted by molar-refractivity contribution is 6.34. The van der Waals surface area contributed by atoms with Gasteiger partial charge < -0.3 is 5.11 Å². The SMILES string of the molecule is Cc1ccc(C(=O)N2N=C(c3ccc(Cl)cc3)C[C@@]2(O)C(F)(F)C(F)(F)C(F)(F)F)c(Cl)c1. The number of amides is 1. The first-order valence-electron chi connectivity index (χ1n) is 9.02. The molecule has 0 aromatic heterocycles. The second-order valence-corrected chi connectivity index (χ2v) is 8.14. The van der Waals surface area contributed by atoms with Gasteiger partial charge in [0.05, 0.1) is 16.3 Å². The maximum absolute atomic E-state index is 14.8. The van der Waals surface area contributed by atoms with E-state index >= 15 is 0 Å². The lowest BCUT2D eigenvalue weighted by Gasteiger charge is -2.41. The number of hydrazone groups is 1. The third kappa shape index (κ3) is 4.06. The number of rotatable bonds is 4. The van der Waals surface area contributed by atoms with Crippen molar-refractivity contribution < 1.29 is 40.6 Å². The molecule has 2 aromatic carbocycles. The summed E-state index contributed by atoms with van der Waals surface area (Å²) in [5.74, 6) is -14.5. The molecule has 3 rings (SSSR count). The smallest absolute Gasteiger partial charge is 0.364 e. The second-order valence-electron chi connectivity index (χ2n) is 7.29. The molecule has 1 aliphatic rings. The molecule has 1 heterocycles. The first-order valence-corrected chi connectivity index (χ1v) is 9.77. The molecule has 0 bridgehead atoms. The highest BCUT2D eigenvalue weighted by Gasteiger charge is 2.82. The topological polar surface area (TPSA) is 52.9 Å². The molecule has 13 heteroatoms. The highest BCUT2D eigenvalue weighted by Crippen LogP contribution is 2.55. The molecule has 178 valence electrons. The van der Waals surface area contributed by atoms with Crippen LogP contribution in [-0.4, -0.2) is 45.5 Å². The summed E-state index contributed by atoms with van der Waals surface area (Å²) < 4.78 is 95.9. The van der Waals surface area contributed by atoms with E-state index in [1.165, 1.54) is 36.4 Å². The van der Waals surface area contributed by atoms with E-state index in [4.69, 9.17) is 23.2 Å². The van der Waals surface area contributed by atoms with Crippen LogP contribution in [0.4, 0.5) is 30.7 Å². The summed E-state index contributed by atoms with van der Waals surface area (Å²) in [6, 6.07) is 8.53. The van der Waals surface area contributed by atoms with Gasteiger partial charge in [0.25, 0.3) is 5.91 Å². The minimum atomic E-state index is -6.74. The largest absolute Gasteiger partial charge is 0.460 e. The van der Waals surface area contributed by atoms with E-state index in [-0.39, 0.29) is 15.6 Å². The third-order valence-electron chi connectivity index (χ3n) is 4.96. The van der Waals surface area contributed by atoms with Crippen molar-refractivity contribution in [1.29, 1.82) is 0 Å². The molecular formula is C20H13Cl2F7N2O2. The molecule has 2 aromatic rings. The van der Waals surface area contributed by atoms with Crippen molar-refractivity contribution in [1.82, 2.24) is 5.01 Å². The number of hydrogen-bond acceptors (Lipinski definition) is 3. The van der Waals surface area contributed by atoms with Crippen LogP contribution in [0.5, 0.6) is 0 Å². The average molecular weight is 517 g/mol. The predicted molar refractivity (Wildman–Crippen MR) is 106 cm³/mol. The van der Waals surface area contributed by atoms with Gasteiger partial charge in [0.15, 0.2) is 0 Å². The molecule has 1 atom stereocenters. The number of hydrogen-bond donors (Lipinski definition) is 1. The van der Waals surface area contributed by atoms with Crippen LogP contribution in [0.3, 0.4) is 0 Å². The Kier molecular flexibility index (Phi) is 6.23. The molecule has 0 saturated heterocycles. The fraction of sp³-hybridized carbons (Fsp3) is 0.300. The number of nitrogens with zero attached hydrogens (tertiary/aromatic N) is 2. The Labute approximate surface area is 192 Å². The lowest BCUT2D eigenvalue weighted by molar-refractivity contribution is -0.400. The van der Waals surface area contributed by atoms with Gasteiger partial charge in [-0.3, -0.25) is 4.79 Å². The van der Waals surface area contributed by atoms with Crippen molar-refractivity contribution in [3.8, 4) is 0 Å². The van der Waals surface area contributed by atoms with E-state index in [0.717, 1.165) is 6.07 Å². The summed E-state index contributed by atoms with van der Waals surface area (Å²) >= 11 is 11.7. The zero-order valence-corrected chi connectivity index (χ0v) is 17.9. The predicted octanol–water partition coefficient (Wildman–Crippen LogP) is 6.07. The van der Waals surface area contributed by atoms with Gasteiger partial charge in [0, 0.05) is 11.4 Å². The van der Waals surface area contributed by atoms with Crippen LogP contribution in [0.15, 0.2) is 47.6 Å². The number of aliphatic hydroxyl groups is 1. The molecule has 0 aliphatic carbocycles. The minimum absolute atomic E-state index is 0.0470. The number of halogens is 9. The van der Waals surface area contributed by atoms with Crippen molar-refractivity contribution in [2.45, 2.75) is 37.1 Å². The van der Waals surface area contributed by atoms with Gasteiger partial charge in [0.1, 0.15) is 0 Å². The zero-order chi connectivity index (χ0) is 25.0. The van der Waals surface area contributed by atoms with Crippen LogP contribution in [0, 0.1) is 6.92 Å². The Bertz CT molecular complexity index is 1120. The number of carbonyl (C=O) groups is 1. The molecule has 33 heavy (non-hydrogen) atoms. The fourth-order valence-corrected chi connectivity index (χ4v) is 3.59. The van der Waals surface area contributed by atoms with Crippen LogP contribution < -0.4 is 0 Å². The second kappa shape index (κ2) is 8.14. The molecule has 0 radical (unpaired) electrons. The van der Waals surface area contributed by atoms with Crippen LogP contribution in [0.1, 0.15) is 27.9 Å². The Morgan fingerprint density at radius 3 is 2.12 bits per heavy atom. The summed E-state index contributed by atoms with van der Waals surface area (Å²) in [6.45, 7) is 1.57. The number of alkyl halides is 7. The maximum atomic E-state index is 14.8. The number of aryl methyl sites for hydroxylation is 1. The Hall–Kier alpha value is -2.37. The van der Waals surface area contributed by atoms with Crippen molar-refractivity contribution in [2.24, 2.45) is 5.10 Å². The van der Waals surface area contributed by atoms with E-state index in [1.807, 2.05) is 0 Å². The van der Waals surface area contributed by atoms with E-state index in [9.17, 15) is 40.6 Å². The van der Waals surface area contributed by atoms with Gasteiger partial charge >= 0.3 is 18.0 Å². The normalized spacial score (nSPS) is 19.6. The van der Waals surface area contributed by atoms with Crippen LogP contribution in [0.2, 0.25) is 10.0 Å². The average Bonchev–Trinajstić information content (AvgIpc) is 3.06. The monoisotopic (exact) mass is 516 g/mol. The maximum Gasteiger partial charge on any atom is 0.460 e. The van der Waals surface area contributed by atoms with Crippen LogP contribution in [0.25, 0.3) is 0 Å². The minimum Gasteiger partial charge on any atom is -0.364 e. The summed E-state index contributed by atoms with van der Waals surface area (Å²) in [5, 5.41) is 13.5. The molecular weight excluding hydrogens is 504 g/mol. The van der Waals surface area contributed by atoms with Gasteiger partial charge in [-0.05, 0) is 42.3 Å². The van der Waals surface area contributed by atoms with E-state index in [1.54, 1.807) is 6.92 Å². The number of carbonyl (C=O) groups excluding carboxylic acids is 1. The van der Waals surface area contributed by atoms with E-state index in [0.29, 0.717) is 5.56 Å². The molecule has 1 aliphatic heterocycles. The van der Waals surface area contributed by atoms with Crippen molar-refractivity contribution in [3.05, 3.63) is 69.2 Å².